The molecule has 0 aliphatic rings. The predicted octanol–water partition coefficient (Wildman–Crippen LogP) is 3.79. The molecule has 1 unspecified atom stereocenters. The standard InChI is InChI=1S/C11H15BrO/c1-8(2)11(13-3)9-5-4-6-10(12)7-9/h4-8,11H,1-3H3. The third kappa shape index (κ3) is 2.82. The Bertz CT molecular complexity index is 271. The third-order valence-corrected chi connectivity index (χ3v) is 2.53. The molecule has 1 atom stereocenters. The van der Waals surface area contributed by atoms with Crippen LogP contribution in [-0.4, -0.2) is 7.11 Å². The van der Waals surface area contributed by atoms with Gasteiger partial charge in [-0.05, 0) is 23.6 Å². The van der Waals surface area contributed by atoms with Crippen LogP contribution in [0.3, 0.4) is 0 Å². The molecule has 0 heterocycles. The molecule has 2 heteroatoms. The van der Waals surface area contributed by atoms with E-state index >= 15 is 0 Å². The van der Waals surface area contributed by atoms with E-state index in [9.17, 15) is 0 Å². The minimum atomic E-state index is 0.192. The van der Waals surface area contributed by atoms with Crippen LogP contribution in [0.1, 0.15) is 25.5 Å². The summed E-state index contributed by atoms with van der Waals surface area (Å²) in [5.74, 6) is 0.499. The van der Waals surface area contributed by atoms with Crippen LogP contribution in [0.2, 0.25) is 0 Å². The van der Waals surface area contributed by atoms with E-state index in [1.54, 1.807) is 7.11 Å². The summed E-state index contributed by atoms with van der Waals surface area (Å²) in [4.78, 5) is 0. The second-order valence-electron chi connectivity index (χ2n) is 3.46. The molecule has 0 N–H and O–H groups in total. The number of ether oxygens (including phenoxy) is 1. The molecule has 0 radical (unpaired) electrons. The average molecular weight is 243 g/mol. The van der Waals surface area contributed by atoms with Crippen molar-refractivity contribution >= 4 is 15.9 Å². The Kier molecular flexibility index (Phi) is 3.94. The van der Waals surface area contributed by atoms with Gasteiger partial charge in [-0.25, -0.2) is 0 Å². The van der Waals surface area contributed by atoms with Crippen molar-refractivity contribution in [3.05, 3.63) is 34.3 Å². The summed E-state index contributed by atoms with van der Waals surface area (Å²) in [5.41, 5.74) is 1.23. The lowest BCUT2D eigenvalue weighted by Gasteiger charge is -2.19. The lowest BCUT2D eigenvalue weighted by molar-refractivity contribution is 0.0646. The first kappa shape index (κ1) is 10.7. The van der Waals surface area contributed by atoms with Gasteiger partial charge in [-0.3, -0.25) is 0 Å². The highest BCUT2D eigenvalue weighted by atomic mass is 79.9. The van der Waals surface area contributed by atoms with Gasteiger partial charge in [0, 0.05) is 11.6 Å². The van der Waals surface area contributed by atoms with E-state index in [4.69, 9.17) is 4.74 Å². The van der Waals surface area contributed by atoms with E-state index in [1.165, 1.54) is 5.56 Å². The summed E-state index contributed by atoms with van der Waals surface area (Å²) in [5, 5.41) is 0. The maximum Gasteiger partial charge on any atom is 0.0844 e. The number of halogens is 1. The minimum Gasteiger partial charge on any atom is -0.376 e. The summed E-state index contributed by atoms with van der Waals surface area (Å²) in [6.45, 7) is 4.32. The smallest absolute Gasteiger partial charge is 0.0844 e. The van der Waals surface area contributed by atoms with E-state index in [1.807, 2.05) is 12.1 Å². The predicted molar refractivity (Wildman–Crippen MR) is 58.7 cm³/mol. The Hall–Kier alpha value is -0.340. The second kappa shape index (κ2) is 4.77. The first-order valence-corrected chi connectivity index (χ1v) is 5.22. The third-order valence-electron chi connectivity index (χ3n) is 2.04. The van der Waals surface area contributed by atoms with Crippen LogP contribution >= 0.6 is 15.9 Å². The molecule has 0 saturated heterocycles. The van der Waals surface area contributed by atoms with E-state index < -0.39 is 0 Å². The monoisotopic (exact) mass is 242 g/mol. The molecular formula is C11H15BrO. The molecule has 0 bridgehead atoms. The van der Waals surface area contributed by atoms with Gasteiger partial charge in [-0.1, -0.05) is 41.9 Å². The van der Waals surface area contributed by atoms with Gasteiger partial charge in [0.2, 0.25) is 0 Å². The molecule has 1 rings (SSSR count). The van der Waals surface area contributed by atoms with Crippen molar-refractivity contribution in [1.29, 1.82) is 0 Å². The zero-order valence-corrected chi connectivity index (χ0v) is 9.84. The highest BCUT2D eigenvalue weighted by Crippen LogP contribution is 2.26. The Balaban J connectivity index is 2.91. The van der Waals surface area contributed by atoms with E-state index in [0.29, 0.717) is 5.92 Å². The zero-order valence-electron chi connectivity index (χ0n) is 8.25. The molecule has 0 aliphatic heterocycles. The Morgan fingerprint density at radius 3 is 2.46 bits per heavy atom. The number of hydrogen-bond acceptors (Lipinski definition) is 1. The molecule has 13 heavy (non-hydrogen) atoms. The second-order valence-corrected chi connectivity index (χ2v) is 4.37. The van der Waals surface area contributed by atoms with Crippen molar-refractivity contribution in [1.82, 2.24) is 0 Å². The van der Waals surface area contributed by atoms with Crippen LogP contribution in [0.4, 0.5) is 0 Å². The SMILES string of the molecule is COC(c1cccc(Br)c1)C(C)C. The number of methoxy groups -OCH3 is 1. The van der Waals surface area contributed by atoms with Crippen molar-refractivity contribution in [3.8, 4) is 0 Å². The van der Waals surface area contributed by atoms with Crippen molar-refractivity contribution in [2.75, 3.05) is 7.11 Å². The Morgan fingerprint density at radius 1 is 1.31 bits per heavy atom. The topological polar surface area (TPSA) is 9.23 Å². The maximum absolute atomic E-state index is 5.43. The van der Waals surface area contributed by atoms with Crippen LogP contribution in [0, 0.1) is 5.92 Å². The summed E-state index contributed by atoms with van der Waals surface area (Å²) in [6.07, 6.45) is 0.192. The fraction of sp³-hybridized carbons (Fsp3) is 0.455. The summed E-state index contributed by atoms with van der Waals surface area (Å²) in [6, 6.07) is 8.26. The van der Waals surface area contributed by atoms with Crippen LogP contribution in [0.15, 0.2) is 28.7 Å². The largest absolute Gasteiger partial charge is 0.376 e. The first-order chi connectivity index (χ1) is 6.15. The maximum atomic E-state index is 5.43. The van der Waals surface area contributed by atoms with Crippen LogP contribution in [0.5, 0.6) is 0 Å². The Morgan fingerprint density at radius 2 is 2.00 bits per heavy atom. The lowest BCUT2D eigenvalue weighted by Crippen LogP contribution is -2.08. The number of hydrogen-bond donors (Lipinski definition) is 0. The van der Waals surface area contributed by atoms with Gasteiger partial charge in [0.05, 0.1) is 6.10 Å². The zero-order chi connectivity index (χ0) is 9.84. The van der Waals surface area contributed by atoms with Crippen molar-refractivity contribution in [3.63, 3.8) is 0 Å². The summed E-state index contributed by atoms with van der Waals surface area (Å²) < 4.78 is 6.54. The van der Waals surface area contributed by atoms with Gasteiger partial charge >= 0.3 is 0 Å². The van der Waals surface area contributed by atoms with Crippen molar-refractivity contribution in [2.24, 2.45) is 5.92 Å². The van der Waals surface area contributed by atoms with Gasteiger partial charge in [0.15, 0.2) is 0 Å². The van der Waals surface area contributed by atoms with Gasteiger partial charge in [-0.2, -0.15) is 0 Å². The van der Waals surface area contributed by atoms with E-state index in [0.717, 1.165) is 4.47 Å². The minimum absolute atomic E-state index is 0.192. The fourth-order valence-corrected chi connectivity index (χ4v) is 1.89. The summed E-state index contributed by atoms with van der Waals surface area (Å²) >= 11 is 3.45. The summed E-state index contributed by atoms with van der Waals surface area (Å²) in [7, 11) is 1.76. The number of benzene rings is 1. The quantitative estimate of drug-likeness (QED) is 0.784. The normalized spacial score (nSPS) is 13.3. The van der Waals surface area contributed by atoms with E-state index in [-0.39, 0.29) is 6.10 Å². The fourth-order valence-electron chi connectivity index (χ4n) is 1.48. The first-order valence-electron chi connectivity index (χ1n) is 4.43. The lowest BCUT2D eigenvalue weighted by atomic mass is 9.99. The molecule has 1 aromatic carbocycles. The van der Waals surface area contributed by atoms with E-state index in [2.05, 4.69) is 41.9 Å². The highest BCUT2D eigenvalue weighted by molar-refractivity contribution is 9.10. The molecule has 0 spiro atoms. The highest BCUT2D eigenvalue weighted by Gasteiger charge is 2.14. The van der Waals surface area contributed by atoms with Crippen LogP contribution in [0.25, 0.3) is 0 Å². The average Bonchev–Trinajstić information content (AvgIpc) is 2.04. The Labute approximate surface area is 88.2 Å². The molecule has 0 aromatic heterocycles. The van der Waals surface area contributed by atoms with Gasteiger partial charge < -0.3 is 4.74 Å². The van der Waals surface area contributed by atoms with Gasteiger partial charge in [0.1, 0.15) is 0 Å². The van der Waals surface area contributed by atoms with Crippen LogP contribution in [-0.2, 0) is 4.74 Å². The molecule has 1 nitrogen and oxygen atoms in total. The number of rotatable bonds is 3. The van der Waals surface area contributed by atoms with Gasteiger partial charge in [-0.15, -0.1) is 0 Å². The molecule has 0 fully saturated rings. The molecule has 1 aromatic rings. The van der Waals surface area contributed by atoms with Crippen LogP contribution < -0.4 is 0 Å². The molecule has 72 valence electrons. The molecule has 0 saturated carbocycles. The van der Waals surface area contributed by atoms with Gasteiger partial charge in [0.25, 0.3) is 0 Å². The van der Waals surface area contributed by atoms with Crippen molar-refractivity contribution < 1.29 is 4.74 Å². The molecule has 0 aliphatic carbocycles. The molecule has 0 amide bonds. The van der Waals surface area contributed by atoms with Crippen molar-refractivity contribution in [2.45, 2.75) is 20.0 Å². The molecular weight excluding hydrogens is 228 g/mol.